The predicted octanol–water partition coefficient (Wildman–Crippen LogP) is 3.60. The summed E-state index contributed by atoms with van der Waals surface area (Å²) < 4.78 is 0. The van der Waals surface area contributed by atoms with Crippen LogP contribution in [-0.4, -0.2) is 46.3 Å². The van der Waals surface area contributed by atoms with E-state index in [1.807, 2.05) is 0 Å². The molecule has 1 heterocycles. The molecule has 166 valence electrons. The number of hydrogen-bond donors (Lipinski definition) is 2. The quantitative estimate of drug-likeness (QED) is 0.625. The summed E-state index contributed by atoms with van der Waals surface area (Å²) in [7, 11) is 0. The van der Waals surface area contributed by atoms with E-state index >= 15 is 0 Å². The van der Waals surface area contributed by atoms with Crippen LogP contribution in [0.15, 0.2) is 18.2 Å². The molecule has 1 aliphatic heterocycles. The number of halogens is 2. The zero-order valence-electron chi connectivity index (χ0n) is 17.7. The Kier molecular flexibility index (Phi) is 8.71. The number of nitrogens with zero attached hydrogens (tertiary/aromatic N) is 1. The molecular formula is C22H30Cl2N2O4. The number of Topliss-reactive ketones (excluding diaryl/α,β-unsaturated/α-hetero) is 1. The van der Waals surface area contributed by atoms with Crippen molar-refractivity contribution in [3.8, 4) is 0 Å². The number of nitrogens with one attached hydrogen (secondary N) is 1. The Hall–Kier alpha value is -1.63. The average Bonchev–Trinajstić information content (AvgIpc) is 2.69. The fraction of sp³-hybridized carbons (Fsp3) is 0.591. The van der Waals surface area contributed by atoms with Gasteiger partial charge in [0.2, 0.25) is 11.8 Å². The Morgan fingerprint density at radius 1 is 1.30 bits per heavy atom. The van der Waals surface area contributed by atoms with Gasteiger partial charge in [0, 0.05) is 42.5 Å². The highest BCUT2D eigenvalue weighted by Crippen LogP contribution is 2.27. The first-order valence-electron chi connectivity index (χ1n) is 10.3. The third kappa shape index (κ3) is 6.69. The fourth-order valence-corrected chi connectivity index (χ4v) is 4.09. The van der Waals surface area contributed by atoms with Crippen LogP contribution in [0.4, 0.5) is 0 Å². The second-order valence-corrected chi connectivity index (χ2v) is 9.22. The van der Waals surface area contributed by atoms with Crippen molar-refractivity contribution in [2.75, 3.05) is 13.1 Å². The first kappa shape index (κ1) is 24.6. The molecule has 30 heavy (non-hydrogen) atoms. The van der Waals surface area contributed by atoms with E-state index in [-0.39, 0.29) is 43.0 Å². The van der Waals surface area contributed by atoms with E-state index in [9.17, 15) is 19.5 Å². The minimum atomic E-state index is -1.32. The van der Waals surface area contributed by atoms with E-state index in [2.05, 4.69) is 5.32 Å². The van der Waals surface area contributed by atoms with Crippen LogP contribution < -0.4 is 5.32 Å². The van der Waals surface area contributed by atoms with Gasteiger partial charge in [-0.25, -0.2) is 0 Å². The Morgan fingerprint density at radius 2 is 2.00 bits per heavy atom. The van der Waals surface area contributed by atoms with Crippen LogP contribution in [0.3, 0.4) is 0 Å². The zero-order valence-corrected chi connectivity index (χ0v) is 19.2. The summed E-state index contributed by atoms with van der Waals surface area (Å²) >= 11 is 12.1. The summed E-state index contributed by atoms with van der Waals surface area (Å²) in [6.45, 7) is 5.88. The van der Waals surface area contributed by atoms with Crippen LogP contribution in [-0.2, 0) is 20.9 Å². The number of rotatable bonds is 8. The van der Waals surface area contributed by atoms with Crippen LogP contribution in [0.2, 0.25) is 10.0 Å². The van der Waals surface area contributed by atoms with Crippen molar-refractivity contribution in [3.05, 3.63) is 33.8 Å². The van der Waals surface area contributed by atoms with Crippen molar-refractivity contribution in [3.63, 3.8) is 0 Å². The normalized spacial score (nSPS) is 18.1. The average molecular weight is 457 g/mol. The standard InChI is InChI=1S/C22H30Cl2N2O4/c1-4-17(27)11-18(22(2,3)30)21(29)26-9-5-6-15(13-26)20(28)25-12-14-7-8-16(23)10-19(14)24/h7-8,10,15,18,30H,4-6,9,11-13H2,1-3H3,(H,25,28)/t15-,18+/m1/s1. The highest BCUT2D eigenvalue weighted by molar-refractivity contribution is 6.35. The molecular weight excluding hydrogens is 427 g/mol. The molecule has 1 aliphatic rings. The molecule has 0 radical (unpaired) electrons. The Labute approximate surface area is 187 Å². The van der Waals surface area contributed by atoms with Crippen LogP contribution in [0.5, 0.6) is 0 Å². The zero-order chi connectivity index (χ0) is 22.5. The van der Waals surface area contributed by atoms with Gasteiger partial charge in [-0.05, 0) is 44.4 Å². The Morgan fingerprint density at radius 3 is 2.60 bits per heavy atom. The third-order valence-corrected chi connectivity index (χ3v) is 6.14. The van der Waals surface area contributed by atoms with Gasteiger partial charge in [-0.3, -0.25) is 14.4 Å². The number of aliphatic hydroxyl groups is 1. The highest BCUT2D eigenvalue weighted by Gasteiger charge is 2.39. The lowest BCUT2D eigenvalue weighted by atomic mass is 9.84. The van der Waals surface area contributed by atoms with Crippen molar-refractivity contribution in [1.29, 1.82) is 0 Å². The summed E-state index contributed by atoms with van der Waals surface area (Å²) in [5, 5.41) is 14.3. The summed E-state index contributed by atoms with van der Waals surface area (Å²) in [5.41, 5.74) is -0.555. The van der Waals surface area contributed by atoms with Crippen molar-refractivity contribution < 1.29 is 19.5 Å². The van der Waals surface area contributed by atoms with Gasteiger partial charge >= 0.3 is 0 Å². The summed E-state index contributed by atoms with van der Waals surface area (Å²) in [6, 6.07) is 5.10. The van der Waals surface area contributed by atoms with E-state index in [1.165, 1.54) is 0 Å². The van der Waals surface area contributed by atoms with Gasteiger partial charge in [-0.15, -0.1) is 0 Å². The molecule has 0 aliphatic carbocycles. The number of carbonyl (C=O) groups excluding carboxylic acids is 3. The van der Waals surface area contributed by atoms with Crippen LogP contribution in [0.25, 0.3) is 0 Å². The first-order valence-corrected chi connectivity index (χ1v) is 11.0. The van der Waals surface area contributed by atoms with Crippen LogP contribution >= 0.6 is 23.2 Å². The molecule has 2 atom stereocenters. The van der Waals surface area contributed by atoms with E-state index in [0.29, 0.717) is 35.9 Å². The smallest absolute Gasteiger partial charge is 0.229 e. The molecule has 0 saturated carbocycles. The number of likely N-dealkylation sites (tertiary alicyclic amines) is 1. The first-order chi connectivity index (χ1) is 14.0. The van der Waals surface area contributed by atoms with E-state index < -0.39 is 11.5 Å². The molecule has 8 heteroatoms. The number of benzene rings is 1. The molecule has 1 aromatic carbocycles. The van der Waals surface area contributed by atoms with Crippen molar-refractivity contribution >= 4 is 40.8 Å². The Balaban J connectivity index is 2.01. The topological polar surface area (TPSA) is 86.7 Å². The monoisotopic (exact) mass is 456 g/mol. The number of piperidine rings is 1. The van der Waals surface area contributed by atoms with Gasteiger partial charge < -0.3 is 15.3 Å². The van der Waals surface area contributed by atoms with E-state index in [1.54, 1.807) is 43.9 Å². The van der Waals surface area contributed by atoms with Gasteiger partial charge in [0.1, 0.15) is 5.78 Å². The maximum Gasteiger partial charge on any atom is 0.229 e. The second kappa shape index (κ2) is 10.6. The fourth-order valence-electron chi connectivity index (χ4n) is 3.61. The summed E-state index contributed by atoms with van der Waals surface area (Å²) in [5.74, 6) is -1.66. The van der Waals surface area contributed by atoms with E-state index in [4.69, 9.17) is 23.2 Å². The predicted molar refractivity (Wildman–Crippen MR) is 117 cm³/mol. The minimum absolute atomic E-state index is 0.00125. The molecule has 2 N–H and O–H groups in total. The summed E-state index contributed by atoms with van der Waals surface area (Å²) in [6.07, 6.45) is 1.68. The third-order valence-electron chi connectivity index (χ3n) is 5.55. The number of ketones is 1. The number of hydrogen-bond acceptors (Lipinski definition) is 4. The SMILES string of the molecule is CCC(=O)C[C@@H](C(=O)N1CCC[C@@H](C(=O)NCc2ccc(Cl)cc2Cl)C1)C(C)(C)O. The van der Waals surface area contributed by atoms with Gasteiger partial charge in [-0.2, -0.15) is 0 Å². The molecule has 6 nitrogen and oxygen atoms in total. The van der Waals surface area contributed by atoms with Crippen molar-refractivity contribution in [1.82, 2.24) is 10.2 Å². The highest BCUT2D eigenvalue weighted by atomic mass is 35.5. The number of carbonyl (C=O) groups is 3. The van der Waals surface area contributed by atoms with Crippen molar-refractivity contribution in [2.45, 2.75) is 58.6 Å². The maximum absolute atomic E-state index is 13.1. The van der Waals surface area contributed by atoms with Crippen molar-refractivity contribution in [2.24, 2.45) is 11.8 Å². The minimum Gasteiger partial charge on any atom is -0.390 e. The molecule has 0 bridgehead atoms. The molecule has 0 spiro atoms. The Bertz CT molecular complexity index is 792. The molecule has 0 unspecified atom stereocenters. The second-order valence-electron chi connectivity index (χ2n) is 8.38. The van der Waals surface area contributed by atoms with Gasteiger partial charge in [0.25, 0.3) is 0 Å². The van der Waals surface area contributed by atoms with Gasteiger partial charge in [-0.1, -0.05) is 36.2 Å². The van der Waals surface area contributed by atoms with Crippen LogP contribution in [0.1, 0.15) is 52.0 Å². The molecule has 1 fully saturated rings. The van der Waals surface area contributed by atoms with Crippen LogP contribution in [0, 0.1) is 11.8 Å². The van der Waals surface area contributed by atoms with E-state index in [0.717, 1.165) is 5.56 Å². The number of amides is 2. The maximum atomic E-state index is 13.1. The lowest BCUT2D eigenvalue weighted by Gasteiger charge is -2.37. The molecule has 1 saturated heterocycles. The summed E-state index contributed by atoms with van der Waals surface area (Å²) in [4.78, 5) is 39.3. The molecule has 0 aromatic heterocycles. The molecule has 2 rings (SSSR count). The largest absolute Gasteiger partial charge is 0.390 e. The van der Waals surface area contributed by atoms with Gasteiger partial charge in [0.15, 0.2) is 0 Å². The van der Waals surface area contributed by atoms with Gasteiger partial charge in [0.05, 0.1) is 17.4 Å². The molecule has 1 aromatic rings. The molecule has 2 amide bonds. The lowest BCUT2D eigenvalue weighted by Crippen LogP contribution is -2.51. The lowest BCUT2D eigenvalue weighted by molar-refractivity contribution is -0.149.